The summed E-state index contributed by atoms with van der Waals surface area (Å²) in [5, 5.41) is 3.82. The Hall–Kier alpha value is -1.66. The number of methoxy groups -OCH3 is 1. The van der Waals surface area contributed by atoms with Gasteiger partial charge in [0.2, 0.25) is 0 Å². The van der Waals surface area contributed by atoms with Gasteiger partial charge in [0.1, 0.15) is 11.6 Å². The van der Waals surface area contributed by atoms with Crippen LogP contribution >= 0.6 is 28.1 Å². The molecule has 2 aromatic carbocycles. The second-order valence-corrected chi connectivity index (χ2v) is 6.98. The highest BCUT2D eigenvalue weighted by atomic mass is 79.9. The number of rotatable bonds is 6. The first kappa shape index (κ1) is 19.7. The molecule has 0 saturated carbocycles. The second kappa shape index (κ2) is 9.15. The van der Waals surface area contributed by atoms with Crippen molar-refractivity contribution in [2.45, 2.75) is 26.3 Å². The van der Waals surface area contributed by atoms with Crippen molar-refractivity contribution in [1.29, 1.82) is 0 Å². The number of likely N-dealkylation sites (N-methyl/N-ethyl adjacent to an activating group) is 1. The van der Waals surface area contributed by atoms with Gasteiger partial charge >= 0.3 is 0 Å². The minimum Gasteiger partial charge on any atom is -0.497 e. The number of hydrogen-bond donors (Lipinski definition) is 1. The van der Waals surface area contributed by atoms with E-state index in [9.17, 15) is 4.39 Å². The molecule has 0 amide bonds. The molecular formula is C19H22BrFN2OS. The lowest BCUT2D eigenvalue weighted by Gasteiger charge is -2.31. The molecule has 1 atom stereocenters. The fraction of sp³-hybridized carbons (Fsp3) is 0.316. The summed E-state index contributed by atoms with van der Waals surface area (Å²) in [7, 11) is 1.66. The molecule has 6 heteroatoms. The number of benzene rings is 2. The lowest BCUT2D eigenvalue weighted by Crippen LogP contribution is -2.42. The number of thiocarbonyl (C=S) groups is 1. The van der Waals surface area contributed by atoms with Crippen LogP contribution in [0.2, 0.25) is 0 Å². The quantitative estimate of drug-likeness (QED) is 0.640. The van der Waals surface area contributed by atoms with Gasteiger partial charge in [-0.15, -0.1) is 0 Å². The van der Waals surface area contributed by atoms with Crippen LogP contribution in [0.1, 0.15) is 19.4 Å². The maximum Gasteiger partial charge on any atom is 0.173 e. The Morgan fingerprint density at radius 3 is 2.52 bits per heavy atom. The van der Waals surface area contributed by atoms with E-state index in [2.05, 4.69) is 52.1 Å². The van der Waals surface area contributed by atoms with Crippen LogP contribution in [0, 0.1) is 5.82 Å². The van der Waals surface area contributed by atoms with Gasteiger partial charge < -0.3 is 15.0 Å². The van der Waals surface area contributed by atoms with Crippen molar-refractivity contribution in [1.82, 2.24) is 4.90 Å². The minimum absolute atomic E-state index is 0.220. The van der Waals surface area contributed by atoms with Crippen LogP contribution in [-0.4, -0.2) is 29.7 Å². The molecule has 1 N–H and O–H groups in total. The van der Waals surface area contributed by atoms with Crippen molar-refractivity contribution in [3.8, 4) is 5.75 Å². The summed E-state index contributed by atoms with van der Waals surface area (Å²) in [5.74, 6) is 0.561. The third-order valence-corrected chi connectivity index (χ3v) is 4.99. The molecule has 0 saturated heterocycles. The minimum atomic E-state index is -0.288. The fourth-order valence-corrected chi connectivity index (χ4v) is 3.52. The molecule has 2 rings (SSSR count). The van der Waals surface area contributed by atoms with Gasteiger partial charge in [0.05, 0.1) is 12.8 Å². The summed E-state index contributed by atoms with van der Waals surface area (Å²) < 4.78 is 19.1. The van der Waals surface area contributed by atoms with E-state index >= 15 is 0 Å². The van der Waals surface area contributed by atoms with E-state index in [1.807, 2.05) is 12.1 Å². The summed E-state index contributed by atoms with van der Waals surface area (Å²) >= 11 is 8.92. The number of anilines is 1. The van der Waals surface area contributed by atoms with Crippen LogP contribution in [0.3, 0.4) is 0 Å². The standard InChI is InChI=1S/C19H22BrFN2OS/c1-4-23(13(2)11-14-5-8-16(24-3)9-6-14)19(25)22-18-10-7-15(21)12-17(18)20/h5-10,12-13H,4,11H2,1-3H3,(H,22,25). The van der Waals surface area contributed by atoms with E-state index in [0.29, 0.717) is 9.59 Å². The van der Waals surface area contributed by atoms with Crippen molar-refractivity contribution in [3.63, 3.8) is 0 Å². The first-order valence-electron chi connectivity index (χ1n) is 8.10. The molecule has 134 valence electrons. The van der Waals surface area contributed by atoms with Crippen LogP contribution in [0.5, 0.6) is 5.75 Å². The van der Waals surface area contributed by atoms with Gasteiger partial charge in [-0.05, 0) is 84.3 Å². The van der Waals surface area contributed by atoms with Crippen LogP contribution in [0.15, 0.2) is 46.9 Å². The smallest absolute Gasteiger partial charge is 0.173 e. The third kappa shape index (κ3) is 5.41. The fourth-order valence-electron chi connectivity index (χ4n) is 2.65. The second-order valence-electron chi connectivity index (χ2n) is 5.74. The summed E-state index contributed by atoms with van der Waals surface area (Å²) in [6.45, 7) is 4.99. The van der Waals surface area contributed by atoms with Gasteiger partial charge in [0, 0.05) is 17.1 Å². The number of halogens is 2. The van der Waals surface area contributed by atoms with E-state index in [4.69, 9.17) is 17.0 Å². The summed E-state index contributed by atoms with van der Waals surface area (Å²) in [4.78, 5) is 2.12. The predicted octanol–water partition coefficient (Wildman–Crippen LogP) is 5.25. The molecule has 0 aliphatic carbocycles. The van der Waals surface area contributed by atoms with Crippen molar-refractivity contribution in [2.24, 2.45) is 0 Å². The molecule has 0 radical (unpaired) electrons. The summed E-state index contributed by atoms with van der Waals surface area (Å²) in [5.41, 5.74) is 1.97. The number of ether oxygens (including phenoxy) is 1. The van der Waals surface area contributed by atoms with E-state index in [1.165, 1.54) is 17.7 Å². The van der Waals surface area contributed by atoms with Crippen molar-refractivity contribution >= 4 is 38.9 Å². The molecule has 2 aromatic rings. The molecule has 0 heterocycles. The first-order valence-corrected chi connectivity index (χ1v) is 9.30. The lowest BCUT2D eigenvalue weighted by atomic mass is 10.1. The Bertz CT molecular complexity index is 724. The Balaban J connectivity index is 2.04. The number of nitrogens with zero attached hydrogens (tertiary/aromatic N) is 1. The van der Waals surface area contributed by atoms with Crippen molar-refractivity contribution < 1.29 is 9.13 Å². The third-order valence-electron chi connectivity index (χ3n) is 4.00. The van der Waals surface area contributed by atoms with Crippen molar-refractivity contribution in [3.05, 3.63) is 58.3 Å². The first-order chi connectivity index (χ1) is 11.9. The highest BCUT2D eigenvalue weighted by molar-refractivity contribution is 9.10. The van der Waals surface area contributed by atoms with Gasteiger partial charge in [-0.2, -0.15) is 0 Å². The molecule has 0 aliphatic heterocycles. The van der Waals surface area contributed by atoms with Gasteiger partial charge in [-0.3, -0.25) is 0 Å². The Morgan fingerprint density at radius 1 is 1.28 bits per heavy atom. The molecular weight excluding hydrogens is 403 g/mol. The normalized spacial score (nSPS) is 11.7. The van der Waals surface area contributed by atoms with E-state index < -0.39 is 0 Å². The number of nitrogens with one attached hydrogen (secondary N) is 1. The lowest BCUT2D eigenvalue weighted by molar-refractivity contribution is 0.347. The average Bonchev–Trinajstić information content (AvgIpc) is 2.58. The zero-order chi connectivity index (χ0) is 18.4. The molecule has 1 unspecified atom stereocenters. The highest BCUT2D eigenvalue weighted by Crippen LogP contribution is 2.24. The maximum absolute atomic E-state index is 13.2. The topological polar surface area (TPSA) is 24.5 Å². The van der Waals surface area contributed by atoms with E-state index in [1.54, 1.807) is 13.2 Å². The van der Waals surface area contributed by atoms with E-state index in [-0.39, 0.29) is 11.9 Å². The van der Waals surface area contributed by atoms with Gasteiger partial charge in [-0.1, -0.05) is 12.1 Å². The highest BCUT2D eigenvalue weighted by Gasteiger charge is 2.17. The van der Waals surface area contributed by atoms with Crippen molar-refractivity contribution in [2.75, 3.05) is 19.0 Å². The van der Waals surface area contributed by atoms with Crippen LogP contribution in [0.4, 0.5) is 10.1 Å². The molecule has 3 nitrogen and oxygen atoms in total. The Morgan fingerprint density at radius 2 is 1.96 bits per heavy atom. The zero-order valence-electron chi connectivity index (χ0n) is 14.6. The molecule has 0 fully saturated rings. The zero-order valence-corrected chi connectivity index (χ0v) is 17.0. The average molecular weight is 425 g/mol. The van der Waals surface area contributed by atoms with Gasteiger partial charge in [0.15, 0.2) is 5.11 Å². The monoisotopic (exact) mass is 424 g/mol. The maximum atomic E-state index is 13.2. The molecule has 25 heavy (non-hydrogen) atoms. The van der Waals surface area contributed by atoms with E-state index in [0.717, 1.165) is 24.4 Å². The predicted molar refractivity (Wildman–Crippen MR) is 109 cm³/mol. The van der Waals surface area contributed by atoms with Gasteiger partial charge in [-0.25, -0.2) is 4.39 Å². The summed E-state index contributed by atoms with van der Waals surface area (Å²) in [6, 6.07) is 12.8. The molecule has 0 aliphatic rings. The summed E-state index contributed by atoms with van der Waals surface area (Å²) in [6.07, 6.45) is 0.865. The largest absolute Gasteiger partial charge is 0.497 e. The van der Waals surface area contributed by atoms with Crippen LogP contribution in [-0.2, 0) is 6.42 Å². The van der Waals surface area contributed by atoms with Gasteiger partial charge in [0.25, 0.3) is 0 Å². The Labute approximate surface area is 162 Å². The molecule has 0 spiro atoms. The molecule has 0 bridgehead atoms. The van der Waals surface area contributed by atoms with Crippen LogP contribution in [0.25, 0.3) is 0 Å². The molecule has 0 aromatic heterocycles. The Kier molecular flexibility index (Phi) is 7.20. The number of hydrogen-bond acceptors (Lipinski definition) is 2. The van der Waals surface area contributed by atoms with Crippen LogP contribution < -0.4 is 10.1 Å². The SMILES string of the molecule is CCN(C(=S)Nc1ccc(F)cc1Br)C(C)Cc1ccc(OC)cc1.